The van der Waals surface area contributed by atoms with E-state index < -0.39 is 11.9 Å². The third kappa shape index (κ3) is 4.82. The number of hydrogen-bond acceptors (Lipinski definition) is 3. The average Bonchev–Trinajstić information content (AvgIpc) is 2.70. The van der Waals surface area contributed by atoms with Crippen LogP contribution in [0.15, 0.2) is 66.7 Å². The maximum absolute atomic E-state index is 12.0. The van der Waals surface area contributed by atoms with Gasteiger partial charge in [0.2, 0.25) is 0 Å². The Balaban J connectivity index is 2.02. The Morgan fingerprint density at radius 3 is 2.40 bits per heavy atom. The Morgan fingerprint density at radius 2 is 1.77 bits per heavy atom. The van der Waals surface area contributed by atoms with Crippen LogP contribution < -0.4 is 4.74 Å². The molecule has 1 atom stereocenters. The average molecular weight is 420 g/mol. The number of ether oxygens (including phenoxy) is 1. The van der Waals surface area contributed by atoms with E-state index in [-0.39, 0.29) is 5.92 Å². The Bertz CT molecular complexity index is 1090. The molecule has 30 heavy (non-hydrogen) atoms. The monoisotopic (exact) mass is 419 g/mol. The van der Waals surface area contributed by atoms with Gasteiger partial charge in [0.05, 0.1) is 16.5 Å². The highest BCUT2D eigenvalue weighted by Gasteiger charge is 2.28. The second kappa shape index (κ2) is 9.47. The number of aliphatic carboxylic acids is 1. The molecule has 0 spiro atoms. The molecule has 0 saturated heterocycles. The molecule has 3 rings (SSSR count). The van der Waals surface area contributed by atoms with Crippen molar-refractivity contribution in [2.75, 3.05) is 0 Å². The molecule has 5 heteroatoms. The van der Waals surface area contributed by atoms with Gasteiger partial charge >= 0.3 is 5.97 Å². The van der Waals surface area contributed by atoms with E-state index >= 15 is 0 Å². The molecule has 0 amide bonds. The smallest absolute Gasteiger partial charge is 0.311 e. The number of para-hydroxylation sites is 1. The molecule has 0 aromatic heterocycles. The number of nitriles is 1. The van der Waals surface area contributed by atoms with Gasteiger partial charge in [-0.3, -0.25) is 4.79 Å². The number of carboxylic acids is 1. The van der Waals surface area contributed by atoms with Crippen LogP contribution in [-0.2, 0) is 11.2 Å². The van der Waals surface area contributed by atoms with Gasteiger partial charge in [0.15, 0.2) is 0 Å². The molecule has 152 valence electrons. The highest BCUT2D eigenvalue weighted by Crippen LogP contribution is 2.34. The first-order valence-corrected chi connectivity index (χ1v) is 10.0. The zero-order valence-corrected chi connectivity index (χ0v) is 17.6. The van der Waals surface area contributed by atoms with Gasteiger partial charge in [-0.2, -0.15) is 5.26 Å². The highest BCUT2D eigenvalue weighted by atomic mass is 35.5. The largest absolute Gasteiger partial charge is 0.481 e. The normalized spacial score (nSPS) is 11.7. The van der Waals surface area contributed by atoms with E-state index in [0.717, 1.165) is 11.3 Å². The molecule has 0 bridgehead atoms. The van der Waals surface area contributed by atoms with Gasteiger partial charge in [0, 0.05) is 0 Å². The molecule has 1 N–H and O–H groups in total. The van der Waals surface area contributed by atoms with Gasteiger partial charge in [0.25, 0.3) is 0 Å². The maximum Gasteiger partial charge on any atom is 0.311 e. The summed E-state index contributed by atoms with van der Waals surface area (Å²) in [6.07, 6.45) is 0.376. The van der Waals surface area contributed by atoms with Crippen molar-refractivity contribution in [1.82, 2.24) is 0 Å². The van der Waals surface area contributed by atoms with Crippen molar-refractivity contribution in [2.24, 2.45) is 5.92 Å². The van der Waals surface area contributed by atoms with Crippen LogP contribution in [0.5, 0.6) is 11.5 Å². The molecule has 3 aromatic rings. The Kier molecular flexibility index (Phi) is 6.76. The Hall–Kier alpha value is -3.29. The number of halogens is 1. The molecular weight excluding hydrogens is 398 g/mol. The zero-order valence-electron chi connectivity index (χ0n) is 16.8. The molecule has 1 unspecified atom stereocenters. The summed E-state index contributed by atoms with van der Waals surface area (Å²) in [6.45, 7) is 3.72. The van der Waals surface area contributed by atoms with Crippen LogP contribution in [0, 0.1) is 17.2 Å². The second-order valence-electron chi connectivity index (χ2n) is 7.40. The van der Waals surface area contributed by atoms with E-state index in [1.807, 2.05) is 68.4 Å². The summed E-state index contributed by atoms with van der Waals surface area (Å²) in [5.74, 6) is -0.394. The molecule has 0 aliphatic heterocycles. The number of rotatable bonds is 7. The molecule has 0 radical (unpaired) electrons. The molecule has 0 saturated carbocycles. The molecule has 4 nitrogen and oxygen atoms in total. The van der Waals surface area contributed by atoms with Gasteiger partial charge in [-0.15, -0.1) is 0 Å². The fourth-order valence-corrected chi connectivity index (χ4v) is 3.78. The first kappa shape index (κ1) is 21.4. The van der Waals surface area contributed by atoms with E-state index in [9.17, 15) is 15.2 Å². The predicted molar refractivity (Wildman–Crippen MR) is 117 cm³/mol. The van der Waals surface area contributed by atoms with Crippen LogP contribution >= 0.6 is 11.6 Å². The fraction of sp³-hybridized carbons (Fsp3) is 0.200. The zero-order chi connectivity index (χ0) is 21.7. The summed E-state index contributed by atoms with van der Waals surface area (Å²) < 4.78 is 5.91. The van der Waals surface area contributed by atoms with Gasteiger partial charge in [-0.1, -0.05) is 61.8 Å². The summed E-state index contributed by atoms with van der Waals surface area (Å²) in [5.41, 5.74) is 2.47. The van der Waals surface area contributed by atoms with Crippen molar-refractivity contribution >= 4 is 17.6 Å². The number of hydrogen-bond donors (Lipinski definition) is 1. The summed E-state index contributed by atoms with van der Waals surface area (Å²) >= 11 is 6.28. The second-order valence-corrected chi connectivity index (χ2v) is 7.81. The standard InChI is InChI=1S/C25H22ClNO3/c1-16(2)24(25(28)29)20-11-12-23(26)22(15-27)21(20)14-17-7-6-10-19(13-17)30-18-8-4-3-5-9-18/h3-13,16,24H,14H2,1-2H3,(H,28,29). The summed E-state index contributed by atoms with van der Waals surface area (Å²) in [4.78, 5) is 12.0. The van der Waals surface area contributed by atoms with Gasteiger partial charge in [-0.25, -0.2) is 0 Å². The van der Waals surface area contributed by atoms with Gasteiger partial charge < -0.3 is 9.84 Å². The van der Waals surface area contributed by atoms with Gasteiger partial charge in [-0.05, 0) is 59.4 Å². The Morgan fingerprint density at radius 1 is 1.07 bits per heavy atom. The molecular formula is C25H22ClNO3. The summed E-state index contributed by atoms with van der Waals surface area (Å²) in [6, 6.07) is 22.5. The third-order valence-corrected chi connectivity index (χ3v) is 5.25. The molecule has 3 aromatic carbocycles. The fourth-order valence-electron chi connectivity index (χ4n) is 3.56. The molecule has 0 aliphatic carbocycles. The topological polar surface area (TPSA) is 70.3 Å². The minimum absolute atomic E-state index is 0.137. The van der Waals surface area contributed by atoms with Gasteiger partial charge in [0.1, 0.15) is 17.6 Å². The van der Waals surface area contributed by atoms with Crippen molar-refractivity contribution in [3.05, 3.63) is 94.0 Å². The van der Waals surface area contributed by atoms with Crippen LogP contribution in [0.1, 0.15) is 42.0 Å². The molecule has 0 fully saturated rings. The number of benzene rings is 3. The van der Waals surface area contributed by atoms with Crippen LogP contribution in [0.2, 0.25) is 5.02 Å². The first-order chi connectivity index (χ1) is 14.4. The highest BCUT2D eigenvalue weighted by molar-refractivity contribution is 6.31. The van der Waals surface area contributed by atoms with Crippen molar-refractivity contribution in [3.63, 3.8) is 0 Å². The molecule has 0 heterocycles. The summed E-state index contributed by atoms with van der Waals surface area (Å²) in [7, 11) is 0. The van der Waals surface area contributed by atoms with E-state index in [4.69, 9.17) is 16.3 Å². The third-order valence-electron chi connectivity index (χ3n) is 4.94. The van der Waals surface area contributed by atoms with Crippen LogP contribution in [0.3, 0.4) is 0 Å². The summed E-state index contributed by atoms with van der Waals surface area (Å²) in [5, 5.41) is 19.8. The lowest BCUT2D eigenvalue weighted by Crippen LogP contribution is -2.20. The van der Waals surface area contributed by atoms with E-state index in [2.05, 4.69) is 6.07 Å². The Labute approximate surface area is 181 Å². The van der Waals surface area contributed by atoms with E-state index in [1.165, 1.54) is 0 Å². The van der Waals surface area contributed by atoms with Crippen LogP contribution in [-0.4, -0.2) is 11.1 Å². The number of carboxylic acid groups (broad SMARTS) is 1. The lowest BCUT2D eigenvalue weighted by Gasteiger charge is -2.22. The van der Waals surface area contributed by atoms with Crippen LogP contribution in [0.25, 0.3) is 0 Å². The minimum atomic E-state index is -0.918. The predicted octanol–water partition coefficient (Wildman–Crippen LogP) is 6.42. The lowest BCUT2D eigenvalue weighted by atomic mass is 9.82. The van der Waals surface area contributed by atoms with Crippen molar-refractivity contribution < 1.29 is 14.6 Å². The molecule has 0 aliphatic rings. The van der Waals surface area contributed by atoms with E-state index in [0.29, 0.717) is 33.9 Å². The lowest BCUT2D eigenvalue weighted by molar-refractivity contribution is -0.139. The van der Waals surface area contributed by atoms with Crippen molar-refractivity contribution in [2.45, 2.75) is 26.2 Å². The maximum atomic E-state index is 12.0. The SMILES string of the molecule is CC(C)C(C(=O)O)c1ccc(Cl)c(C#N)c1Cc1cccc(Oc2ccccc2)c1. The minimum Gasteiger partial charge on any atom is -0.481 e. The van der Waals surface area contributed by atoms with E-state index in [1.54, 1.807) is 12.1 Å². The van der Waals surface area contributed by atoms with Crippen molar-refractivity contribution in [1.29, 1.82) is 5.26 Å². The number of nitrogens with zero attached hydrogens (tertiary/aromatic N) is 1. The quantitative estimate of drug-likeness (QED) is 0.479. The van der Waals surface area contributed by atoms with Crippen LogP contribution in [0.4, 0.5) is 0 Å². The first-order valence-electron chi connectivity index (χ1n) is 9.66. The number of carbonyl (C=O) groups is 1. The van der Waals surface area contributed by atoms with Crippen molar-refractivity contribution in [3.8, 4) is 17.6 Å².